The van der Waals surface area contributed by atoms with Gasteiger partial charge in [0.2, 0.25) is 0 Å². The smallest absolute Gasteiger partial charge is 0.303 e. The molecule has 3 rings (SSSR count). The molecule has 1 atom stereocenters. The summed E-state index contributed by atoms with van der Waals surface area (Å²) in [4.78, 5) is 18.4. The second-order valence-electron chi connectivity index (χ2n) is 5.10. The van der Waals surface area contributed by atoms with Gasteiger partial charge < -0.3 is 19.6 Å². The average Bonchev–Trinajstić information content (AvgIpc) is 2.75. The van der Waals surface area contributed by atoms with Gasteiger partial charge in [0.05, 0.1) is 11.0 Å². The van der Waals surface area contributed by atoms with E-state index in [4.69, 9.17) is 14.6 Å². The minimum atomic E-state index is -0.786. The molecule has 0 saturated carbocycles. The van der Waals surface area contributed by atoms with Crippen LogP contribution in [0.2, 0.25) is 0 Å². The van der Waals surface area contributed by atoms with Crippen molar-refractivity contribution in [3.05, 3.63) is 18.0 Å². The Morgan fingerprint density at radius 3 is 2.80 bits per heavy atom. The Bertz CT molecular complexity index is 607. The molecule has 1 aliphatic heterocycles. The predicted octanol–water partition coefficient (Wildman–Crippen LogP) is 1.99. The van der Waals surface area contributed by atoms with Gasteiger partial charge >= 0.3 is 5.97 Å². The van der Waals surface area contributed by atoms with E-state index in [0.29, 0.717) is 25.4 Å². The van der Waals surface area contributed by atoms with Crippen molar-refractivity contribution < 1.29 is 19.4 Å². The first kappa shape index (κ1) is 12.8. The number of nitrogens with one attached hydrogen (secondary N) is 1. The zero-order valence-corrected chi connectivity index (χ0v) is 11.2. The number of hydrogen-bond acceptors (Lipinski definition) is 4. The van der Waals surface area contributed by atoms with E-state index in [1.807, 2.05) is 19.1 Å². The van der Waals surface area contributed by atoms with Crippen molar-refractivity contribution in [1.29, 1.82) is 0 Å². The number of ether oxygens (including phenoxy) is 2. The number of hydrogen-bond donors (Lipinski definition) is 2. The van der Waals surface area contributed by atoms with Gasteiger partial charge in [-0.2, -0.15) is 0 Å². The van der Waals surface area contributed by atoms with Crippen molar-refractivity contribution in [2.45, 2.75) is 19.8 Å². The number of carboxylic acids is 1. The fourth-order valence-corrected chi connectivity index (χ4v) is 2.40. The number of aromatic amines is 1. The highest BCUT2D eigenvalue weighted by molar-refractivity contribution is 5.80. The Labute approximate surface area is 115 Å². The topological polar surface area (TPSA) is 84.4 Å². The number of aromatic nitrogens is 2. The monoisotopic (exact) mass is 276 g/mol. The quantitative estimate of drug-likeness (QED) is 0.892. The average molecular weight is 276 g/mol. The standard InChI is InChI=1S/C14H16N2O4/c1-8(5-14(17)18)4-13-15-9-6-11-12(7-10(9)16-13)20-3-2-19-11/h6-8H,2-5H2,1H3,(H,15,16)(H,17,18). The van der Waals surface area contributed by atoms with E-state index >= 15 is 0 Å². The molecule has 0 radical (unpaired) electrons. The van der Waals surface area contributed by atoms with Crippen molar-refractivity contribution in [3.63, 3.8) is 0 Å². The lowest BCUT2D eigenvalue weighted by Gasteiger charge is -2.17. The zero-order valence-electron chi connectivity index (χ0n) is 11.2. The van der Waals surface area contributed by atoms with Crippen LogP contribution in [-0.2, 0) is 11.2 Å². The number of fused-ring (bicyclic) bond motifs is 2. The molecule has 2 aromatic rings. The zero-order chi connectivity index (χ0) is 14.1. The fraction of sp³-hybridized carbons (Fsp3) is 0.429. The summed E-state index contributed by atoms with van der Waals surface area (Å²) in [6.07, 6.45) is 0.743. The minimum Gasteiger partial charge on any atom is -0.486 e. The van der Waals surface area contributed by atoms with E-state index in [1.54, 1.807) is 0 Å². The summed E-state index contributed by atoms with van der Waals surface area (Å²) in [5, 5.41) is 8.78. The summed E-state index contributed by atoms with van der Waals surface area (Å²) in [5.74, 6) is 1.47. The summed E-state index contributed by atoms with van der Waals surface area (Å²) >= 11 is 0. The minimum absolute atomic E-state index is 0.0372. The number of nitrogens with zero attached hydrogens (tertiary/aromatic N) is 1. The lowest BCUT2D eigenvalue weighted by molar-refractivity contribution is -0.137. The summed E-state index contributed by atoms with van der Waals surface area (Å²) in [5.41, 5.74) is 1.69. The number of carbonyl (C=O) groups is 1. The maximum absolute atomic E-state index is 10.7. The van der Waals surface area contributed by atoms with Crippen LogP contribution < -0.4 is 9.47 Å². The second-order valence-corrected chi connectivity index (χ2v) is 5.10. The summed E-state index contributed by atoms with van der Waals surface area (Å²) in [6.45, 7) is 3.00. The van der Waals surface area contributed by atoms with Gasteiger partial charge in [0.1, 0.15) is 19.0 Å². The Hall–Kier alpha value is -2.24. The molecule has 0 amide bonds. The van der Waals surface area contributed by atoms with Gasteiger partial charge in [-0.25, -0.2) is 4.98 Å². The van der Waals surface area contributed by atoms with Gasteiger partial charge in [-0.1, -0.05) is 6.92 Å². The molecule has 1 aliphatic rings. The van der Waals surface area contributed by atoms with E-state index in [9.17, 15) is 4.79 Å². The van der Waals surface area contributed by atoms with E-state index in [-0.39, 0.29) is 12.3 Å². The van der Waals surface area contributed by atoms with E-state index < -0.39 is 5.97 Å². The third kappa shape index (κ3) is 2.54. The van der Waals surface area contributed by atoms with Crippen molar-refractivity contribution in [2.24, 2.45) is 5.92 Å². The Morgan fingerprint density at radius 1 is 1.40 bits per heavy atom. The first-order valence-electron chi connectivity index (χ1n) is 6.62. The van der Waals surface area contributed by atoms with Gasteiger partial charge in [-0.15, -0.1) is 0 Å². The summed E-state index contributed by atoms with van der Waals surface area (Å²) in [6, 6.07) is 3.73. The highest BCUT2D eigenvalue weighted by Gasteiger charge is 2.16. The molecular weight excluding hydrogens is 260 g/mol. The van der Waals surface area contributed by atoms with Crippen LogP contribution in [0, 0.1) is 5.92 Å². The molecule has 106 valence electrons. The van der Waals surface area contributed by atoms with Crippen LogP contribution in [0.3, 0.4) is 0 Å². The molecule has 2 N–H and O–H groups in total. The highest BCUT2D eigenvalue weighted by atomic mass is 16.6. The van der Waals surface area contributed by atoms with Gasteiger partial charge in [-0.05, 0) is 5.92 Å². The molecule has 2 heterocycles. The SMILES string of the molecule is CC(CC(=O)O)Cc1nc2cc3c(cc2[nH]1)OCCO3. The first-order chi connectivity index (χ1) is 9.61. The largest absolute Gasteiger partial charge is 0.486 e. The third-order valence-corrected chi connectivity index (χ3v) is 3.26. The molecule has 6 nitrogen and oxygen atoms in total. The normalized spacial score (nSPS) is 15.2. The van der Waals surface area contributed by atoms with Crippen molar-refractivity contribution in [3.8, 4) is 11.5 Å². The summed E-state index contributed by atoms with van der Waals surface area (Å²) < 4.78 is 11.0. The lowest BCUT2D eigenvalue weighted by atomic mass is 10.0. The van der Waals surface area contributed by atoms with E-state index in [0.717, 1.165) is 22.6 Å². The predicted molar refractivity (Wildman–Crippen MR) is 72.2 cm³/mol. The number of carboxylic acid groups (broad SMARTS) is 1. The molecule has 6 heteroatoms. The van der Waals surface area contributed by atoms with Crippen molar-refractivity contribution in [1.82, 2.24) is 9.97 Å². The third-order valence-electron chi connectivity index (χ3n) is 3.26. The molecule has 0 fully saturated rings. The van der Waals surface area contributed by atoms with Crippen LogP contribution in [-0.4, -0.2) is 34.3 Å². The number of imidazole rings is 1. The Kier molecular flexibility index (Phi) is 3.22. The van der Waals surface area contributed by atoms with Crippen LogP contribution in [0.1, 0.15) is 19.2 Å². The molecule has 0 saturated heterocycles. The van der Waals surface area contributed by atoms with Crippen molar-refractivity contribution in [2.75, 3.05) is 13.2 Å². The molecule has 1 unspecified atom stereocenters. The van der Waals surface area contributed by atoms with Gasteiger partial charge in [0.15, 0.2) is 11.5 Å². The number of H-pyrrole nitrogens is 1. The second kappa shape index (κ2) is 5.03. The molecule has 0 aliphatic carbocycles. The number of benzene rings is 1. The van der Waals surface area contributed by atoms with E-state index in [2.05, 4.69) is 9.97 Å². The van der Waals surface area contributed by atoms with Crippen LogP contribution in [0.5, 0.6) is 11.5 Å². The van der Waals surface area contributed by atoms with Gasteiger partial charge in [0.25, 0.3) is 0 Å². The molecule has 0 bridgehead atoms. The van der Waals surface area contributed by atoms with Crippen molar-refractivity contribution >= 4 is 17.0 Å². The molecule has 1 aromatic carbocycles. The number of rotatable bonds is 4. The van der Waals surface area contributed by atoms with Crippen LogP contribution in [0.4, 0.5) is 0 Å². The van der Waals surface area contributed by atoms with Gasteiger partial charge in [-0.3, -0.25) is 4.79 Å². The highest BCUT2D eigenvalue weighted by Crippen LogP contribution is 2.33. The molecule has 1 aromatic heterocycles. The molecular formula is C14H16N2O4. The van der Waals surface area contributed by atoms with Gasteiger partial charge in [0, 0.05) is 25.0 Å². The fourth-order valence-electron chi connectivity index (χ4n) is 2.40. The van der Waals surface area contributed by atoms with Crippen LogP contribution in [0.25, 0.3) is 11.0 Å². The lowest BCUT2D eigenvalue weighted by Crippen LogP contribution is -2.15. The Balaban J connectivity index is 1.85. The maximum atomic E-state index is 10.7. The molecule has 0 spiro atoms. The molecule has 20 heavy (non-hydrogen) atoms. The Morgan fingerprint density at radius 2 is 2.10 bits per heavy atom. The number of aliphatic carboxylic acids is 1. The van der Waals surface area contributed by atoms with E-state index in [1.165, 1.54) is 0 Å². The summed E-state index contributed by atoms with van der Waals surface area (Å²) in [7, 11) is 0. The van der Waals surface area contributed by atoms with Crippen LogP contribution in [0.15, 0.2) is 12.1 Å². The van der Waals surface area contributed by atoms with Crippen LogP contribution >= 0.6 is 0 Å². The first-order valence-corrected chi connectivity index (χ1v) is 6.62. The maximum Gasteiger partial charge on any atom is 0.303 e.